The van der Waals surface area contributed by atoms with Crippen LogP contribution in [0.25, 0.3) is 6.08 Å². The van der Waals surface area contributed by atoms with E-state index in [2.05, 4.69) is 21.2 Å². The Labute approximate surface area is 146 Å². The molecule has 0 fully saturated rings. The van der Waals surface area contributed by atoms with Gasteiger partial charge < -0.3 is 14.5 Å². The quantitative estimate of drug-likeness (QED) is 0.603. The molecule has 1 aromatic carbocycles. The molecule has 0 saturated heterocycles. The molecule has 2 rings (SSSR count). The normalized spacial score (nSPS) is 12.1. The first-order valence-electron chi connectivity index (χ1n) is 6.64. The van der Waals surface area contributed by atoms with Crippen molar-refractivity contribution in [2.75, 3.05) is 5.32 Å². The first-order valence-corrected chi connectivity index (χ1v) is 7.81. The van der Waals surface area contributed by atoms with Crippen LogP contribution in [0.5, 0.6) is 0 Å². The Morgan fingerprint density at radius 2 is 2.13 bits per heavy atom. The molecule has 7 heteroatoms. The van der Waals surface area contributed by atoms with Crippen LogP contribution >= 0.6 is 27.5 Å². The number of benzene rings is 1. The fourth-order valence-corrected chi connectivity index (χ4v) is 2.15. The minimum atomic E-state index is -0.950. The van der Waals surface area contributed by atoms with E-state index in [1.165, 1.54) is 19.1 Å². The molecule has 0 bridgehead atoms. The number of rotatable bonds is 5. The highest BCUT2D eigenvalue weighted by atomic mass is 79.9. The fourth-order valence-electron chi connectivity index (χ4n) is 1.65. The van der Waals surface area contributed by atoms with Crippen molar-refractivity contribution in [3.63, 3.8) is 0 Å². The molecule has 0 saturated carbocycles. The molecular weight excluding hydrogens is 386 g/mol. The third kappa shape index (κ3) is 5.58. The van der Waals surface area contributed by atoms with Gasteiger partial charge in [-0.2, -0.15) is 0 Å². The Morgan fingerprint density at radius 1 is 1.35 bits per heavy atom. The summed E-state index contributed by atoms with van der Waals surface area (Å²) in [4.78, 5) is 23.6. The van der Waals surface area contributed by atoms with Crippen molar-refractivity contribution in [1.82, 2.24) is 0 Å². The lowest BCUT2D eigenvalue weighted by molar-refractivity contribution is -0.148. The number of amides is 1. The maximum absolute atomic E-state index is 12.0. The summed E-state index contributed by atoms with van der Waals surface area (Å²) in [5.74, 6) is -0.606. The van der Waals surface area contributed by atoms with Gasteiger partial charge in [-0.15, -0.1) is 0 Å². The van der Waals surface area contributed by atoms with Crippen molar-refractivity contribution in [3.8, 4) is 0 Å². The molecule has 0 aliphatic carbocycles. The predicted molar refractivity (Wildman–Crippen MR) is 91.1 cm³/mol. The van der Waals surface area contributed by atoms with Gasteiger partial charge in [-0.1, -0.05) is 17.7 Å². The molecule has 2 aromatic rings. The number of furan rings is 1. The van der Waals surface area contributed by atoms with E-state index in [0.29, 0.717) is 21.1 Å². The van der Waals surface area contributed by atoms with Crippen LogP contribution in [0.2, 0.25) is 5.02 Å². The zero-order chi connectivity index (χ0) is 16.8. The van der Waals surface area contributed by atoms with Crippen LogP contribution in [-0.2, 0) is 14.3 Å². The van der Waals surface area contributed by atoms with Crippen molar-refractivity contribution in [3.05, 3.63) is 57.9 Å². The summed E-state index contributed by atoms with van der Waals surface area (Å²) in [5, 5.41) is 3.12. The number of carbonyl (C=O) groups excluding carboxylic acids is 2. The van der Waals surface area contributed by atoms with E-state index in [1.54, 1.807) is 36.4 Å². The number of carbonyl (C=O) groups is 2. The largest absolute Gasteiger partial charge is 0.450 e. The molecule has 120 valence electrons. The first-order chi connectivity index (χ1) is 10.9. The van der Waals surface area contributed by atoms with Crippen molar-refractivity contribution in [1.29, 1.82) is 0 Å². The van der Waals surface area contributed by atoms with E-state index in [9.17, 15) is 9.59 Å². The molecule has 1 amide bonds. The summed E-state index contributed by atoms with van der Waals surface area (Å²) < 4.78 is 10.8. The van der Waals surface area contributed by atoms with Crippen LogP contribution in [0.4, 0.5) is 5.69 Å². The van der Waals surface area contributed by atoms with Gasteiger partial charge in [-0.25, -0.2) is 4.79 Å². The lowest BCUT2D eigenvalue weighted by Gasteiger charge is -2.12. The number of nitrogens with one attached hydrogen (secondary N) is 1. The summed E-state index contributed by atoms with van der Waals surface area (Å²) in [6.07, 6.45) is 1.69. The Bertz CT molecular complexity index is 741. The summed E-state index contributed by atoms with van der Waals surface area (Å²) in [6, 6.07) is 10.1. The third-order valence-corrected chi connectivity index (χ3v) is 3.39. The monoisotopic (exact) mass is 397 g/mol. The Morgan fingerprint density at radius 3 is 2.78 bits per heavy atom. The second-order valence-electron chi connectivity index (χ2n) is 4.55. The first kappa shape index (κ1) is 17.3. The summed E-state index contributed by atoms with van der Waals surface area (Å²) in [5.41, 5.74) is 0.529. The highest BCUT2D eigenvalue weighted by molar-refractivity contribution is 9.10. The van der Waals surface area contributed by atoms with Crippen molar-refractivity contribution >= 4 is 51.2 Å². The highest BCUT2D eigenvalue weighted by Crippen LogP contribution is 2.16. The number of hydrogen-bond acceptors (Lipinski definition) is 4. The molecule has 0 unspecified atom stereocenters. The summed E-state index contributed by atoms with van der Waals surface area (Å²) in [7, 11) is 0. The van der Waals surface area contributed by atoms with Crippen molar-refractivity contribution in [2.45, 2.75) is 13.0 Å². The van der Waals surface area contributed by atoms with Gasteiger partial charge in [0.25, 0.3) is 5.91 Å². The molecule has 1 heterocycles. The number of ether oxygens (including phenoxy) is 1. The van der Waals surface area contributed by atoms with E-state index in [0.717, 1.165) is 0 Å². The summed E-state index contributed by atoms with van der Waals surface area (Å²) in [6.45, 7) is 1.48. The molecule has 0 aliphatic rings. The van der Waals surface area contributed by atoms with Crippen LogP contribution in [0.1, 0.15) is 12.7 Å². The van der Waals surface area contributed by atoms with Crippen molar-refractivity contribution in [2.24, 2.45) is 0 Å². The lowest BCUT2D eigenvalue weighted by atomic mass is 10.3. The van der Waals surface area contributed by atoms with Gasteiger partial charge in [0.2, 0.25) is 0 Å². The summed E-state index contributed by atoms with van der Waals surface area (Å²) >= 11 is 8.99. The van der Waals surface area contributed by atoms with E-state index >= 15 is 0 Å². The maximum atomic E-state index is 12.0. The van der Waals surface area contributed by atoms with Gasteiger partial charge in [0.15, 0.2) is 10.8 Å². The number of anilines is 1. The second kappa shape index (κ2) is 7.99. The van der Waals surface area contributed by atoms with Crippen LogP contribution in [0, 0.1) is 0 Å². The number of halogens is 2. The maximum Gasteiger partial charge on any atom is 0.331 e. The zero-order valence-electron chi connectivity index (χ0n) is 12.1. The zero-order valence-corrected chi connectivity index (χ0v) is 14.4. The molecule has 5 nitrogen and oxygen atoms in total. The van der Waals surface area contributed by atoms with Gasteiger partial charge in [0.05, 0.1) is 0 Å². The average Bonchev–Trinajstić information content (AvgIpc) is 2.90. The third-order valence-electron chi connectivity index (χ3n) is 2.73. The molecule has 0 spiro atoms. The fraction of sp³-hybridized carbons (Fsp3) is 0.125. The number of esters is 1. The van der Waals surface area contributed by atoms with E-state index in [-0.39, 0.29) is 0 Å². The topological polar surface area (TPSA) is 68.5 Å². The van der Waals surface area contributed by atoms with E-state index in [4.69, 9.17) is 20.8 Å². The average molecular weight is 399 g/mol. The minimum absolute atomic E-state index is 0.449. The molecule has 1 N–H and O–H groups in total. The van der Waals surface area contributed by atoms with Crippen LogP contribution in [0.3, 0.4) is 0 Å². The van der Waals surface area contributed by atoms with Crippen LogP contribution < -0.4 is 5.32 Å². The SMILES string of the molecule is C[C@@H](OC(=O)/C=C/c1ccc(Br)o1)C(=O)Nc1cccc(Cl)c1. The molecule has 23 heavy (non-hydrogen) atoms. The Hall–Kier alpha value is -2.05. The molecule has 0 radical (unpaired) electrons. The Kier molecular flexibility index (Phi) is 6.01. The molecule has 1 atom stereocenters. The smallest absolute Gasteiger partial charge is 0.331 e. The lowest BCUT2D eigenvalue weighted by Crippen LogP contribution is -2.29. The molecule has 0 aliphatic heterocycles. The van der Waals surface area contributed by atoms with E-state index < -0.39 is 18.0 Å². The number of hydrogen-bond donors (Lipinski definition) is 1. The van der Waals surface area contributed by atoms with Gasteiger partial charge in [0, 0.05) is 16.8 Å². The van der Waals surface area contributed by atoms with Gasteiger partial charge in [-0.05, 0) is 59.3 Å². The Balaban J connectivity index is 1.87. The van der Waals surface area contributed by atoms with Gasteiger partial charge in [0.1, 0.15) is 5.76 Å². The highest BCUT2D eigenvalue weighted by Gasteiger charge is 2.16. The van der Waals surface area contributed by atoms with Crippen LogP contribution in [-0.4, -0.2) is 18.0 Å². The van der Waals surface area contributed by atoms with Crippen molar-refractivity contribution < 1.29 is 18.7 Å². The second-order valence-corrected chi connectivity index (χ2v) is 5.77. The van der Waals surface area contributed by atoms with E-state index in [1.807, 2.05) is 0 Å². The van der Waals surface area contributed by atoms with Gasteiger partial charge in [-0.3, -0.25) is 4.79 Å². The van der Waals surface area contributed by atoms with Crippen LogP contribution in [0.15, 0.2) is 51.6 Å². The minimum Gasteiger partial charge on any atom is -0.450 e. The van der Waals surface area contributed by atoms with Gasteiger partial charge >= 0.3 is 5.97 Å². The molecular formula is C16H13BrClNO4. The molecule has 1 aromatic heterocycles. The standard InChI is InChI=1S/C16H13BrClNO4/c1-10(16(21)19-12-4-2-3-11(18)9-12)22-15(20)8-6-13-5-7-14(17)23-13/h2-10H,1H3,(H,19,21)/b8-6+/t10-/m1/s1. The predicted octanol–water partition coefficient (Wildman–Crippen LogP) is 4.28.